The number of nitrogens with zero attached hydrogens (tertiary/aromatic N) is 2. The average molecular weight is 186 g/mol. The normalized spacial score (nSPS) is 12.9. The molecule has 13 heavy (non-hydrogen) atoms. The predicted molar refractivity (Wildman–Crippen MR) is 60.2 cm³/mol. The third-order valence-corrected chi connectivity index (χ3v) is 2.79. The van der Waals surface area contributed by atoms with E-state index in [1.54, 1.807) is 0 Å². The lowest BCUT2D eigenvalue weighted by Gasteiger charge is -2.33. The van der Waals surface area contributed by atoms with Crippen molar-refractivity contribution in [3.05, 3.63) is 0 Å². The molecule has 0 saturated carbocycles. The molecule has 0 unspecified atom stereocenters. The van der Waals surface area contributed by atoms with Crippen LogP contribution in [0.5, 0.6) is 0 Å². The molecular formula is C11H26N2. The fourth-order valence-corrected chi connectivity index (χ4v) is 1.17. The van der Waals surface area contributed by atoms with E-state index in [-0.39, 0.29) is 0 Å². The molecule has 0 heterocycles. The lowest BCUT2D eigenvalue weighted by atomic mass is 10.1. The van der Waals surface area contributed by atoms with Crippen LogP contribution in [0.1, 0.15) is 34.6 Å². The van der Waals surface area contributed by atoms with E-state index in [0.717, 1.165) is 19.6 Å². The van der Waals surface area contributed by atoms with Gasteiger partial charge in [-0.1, -0.05) is 13.8 Å². The highest BCUT2D eigenvalue weighted by molar-refractivity contribution is 4.73. The summed E-state index contributed by atoms with van der Waals surface area (Å²) in [6.07, 6.45) is 0. The first-order valence-electron chi connectivity index (χ1n) is 5.35. The predicted octanol–water partition coefficient (Wildman–Crippen LogP) is 2.06. The first-order valence-corrected chi connectivity index (χ1v) is 5.35. The second kappa shape index (κ2) is 5.61. The van der Waals surface area contributed by atoms with Crippen LogP contribution < -0.4 is 0 Å². The van der Waals surface area contributed by atoms with Crippen LogP contribution in [0.3, 0.4) is 0 Å². The number of hydrogen-bond acceptors (Lipinski definition) is 2. The molecule has 0 radical (unpaired) electrons. The maximum atomic E-state index is 2.46. The van der Waals surface area contributed by atoms with Crippen LogP contribution >= 0.6 is 0 Å². The molecule has 0 aliphatic heterocycles. The van der Waals surface area contributed by atoms with E-state index in [1.807, 2.05) is 0 Å². The van der Waals surface area contributed by atoms with E-state index < -0.39 is 0 Å². The molecule has 2 heteroatoms. The molecule has 0 saturated heterocycles. The fourth-order valence-electron chi connectivity index (χ4n) is 1.17. The van der Waals surface area contributed by atoms with Crippen molar-refractivity contribution in [2.24, 2.45) is 0 Å². The average Bonchev–Trinajstić information content (AvgIpc) is 2.04. The van der Waals surface area contributed by atoms with Gasteiger partial charge in [-0.15, -0.1) is 0 Å². The highest BCUT2D eigenvalue weighted by Gasteiger charge is 2.16. The molecule has 80 valence electrons. The zero-order chi connectivity index (χ0) is 10.5. The molecule has 0 fully saturated rings. The van der Waals surface area contributed by atoms with E-state index in [1.165, 1.54) is 6.54 Å². The maximum absolute atomic E-state index is 2.46. The second-order valence-electron chi connectivity index (χ2n) is 4.62. The Labute approximate surface area is 83.9 Å². The quantitative estimate of drug-likeness (QED) is 0.648. The Kier molecular flexibility index (Phi) is 5.57. The van der Waals surface area contributed by atoms with Crippen LogP contribution in [-0.4, -0.2) is 48.6 Å². The summed E-state index contributed by atoms with van der Waals surface area (Å²) in [4.78, 5) is 4.87. The zero-order valence-electron chi connectivity index (χ0n) is 10.2. The van der Waals surface area contributed by atoms with Crippen molar-refractivity contribution in [3.8, 4) is 0 Å². The Morgan fingerprint density at radius 3 is 1.69 bits per heavy atom. The molecule has 0 aromatic rings. The van der Waals surface area contributed by atoms with Gasteiger partial charge in [0.05, 0.1) is 0 Å². The van der Waals surface area contributed by atoms with Crippen LogP contribution in [0.2, 0.25) is 0 Å². The molecule has 0 aliphatic rings. The van der Waals surface area contributed by atoms with Crippen molar-refractivity contribution in [2.75, 3.05) is 33.2 Å². The molecule has 0 aromatic heterocycles. The van der Waals surface area contributed by atoms with E-state index in [2.05, 4.69) is 51.5 Å². The minimum absolute atomic E-state index is 0.299. The SMILES string of the molecule is CCN(CC)CCN(C)C(C)(C)C. The molecule has 0 bridgehead atoms. The van der Waals surface area contributed by atoms with Crippen LogP contribution in [0.4, 0.5) is 0 Å². The third kappa shape index (κ3) is 5.27. The van der Waals surface area contributed by atoms with Gasteiger partial charge in [0, 0.05) is 18.6 Å². The van der Waals surface area contributed by atoms with Crippen LogP contribution in [0.15, 0.2) is 0 Å². The summed E-state index contributed by atoms with van der Waals surface area (Å²) in [6, 6.07) is 0. The van der Waals surface area contributed by atoms with Gasteiger partial charge in [0.15, 0.2) is 0 Å². The topological polar surface area (TPSA) is 6.48 Å². The first-order chi connectivity index (χ1) is 5.91. The molecule has 0 aliphatic carbocycles. The highest BCUT2D eigenvalue weighted by atomic mass is 15.2. The first kappa shape index (κ1) is 12.9. The second-order valence-corrected chi connectivity index (χ2v) is 4.62. The van der Waals surface area contributed by atoms with Gasteiger partial charge in [-0.2, -0.15) is 0 Å². The molecule has 2 nitrogen and oxygen atoms in total. The summed E-state index contributed by atoms with van der Waals surface area (Å²) >= 11 is 0. The monoisotopic (exact) mass is 186 g/mol. The standard InChI is InChI=1S/C11H26N2/c1-7-13(8-2)10-9-12(6)11(3,4)5/h7-10H2,1-6H3. The van der Waals surface area contributed by atoms with Gasteiger partial charge in [-0.05, 0) is 40.9 Å². The smallest absolute Gasteiger partial charge is 0.0122 e. The molecule has 0 amide bonds. The van der Waals surface area contributed by atoms with Gasteiger partial charge in [0.1, 0.15) is 0 Å². The highest BCUT2D eigenvalue weighted by Crippen LogP contribution is 2.09. The number of hydrogen-bond donors (Lipinski definition) is 0. The summed E-state index contributed by atoms with van der Waals surface area (Å²) in [7, 11) is 2.20. The minimum Gasteiger partial charge on any atom is -0.303 e. The van der Waals surface area contributed by atoms with Crippen molar-refractivity contribution in [3.63, 3.8) is 0 Å². The minimum atomic E-state index is 0.299. The molecule has 0 atom stereocenters. The number of rotatable bonds is 5. The third-order valence-electron chi connectivity index (χ3n) is 2.79. The molecule has 0 aromatic carbocycles. The summed E-state index contributed by atoms with van der Waals surface area (Å²) in [6.45, 7) is 15.9. The van der Waals surface area contributed by atoms with Crippen molar-refractivity contribution < 1.29 is 0 Å². The Morgan fingerprint density at radius 2 is 1.38 bits per heavy atom. The van der Waals surface area contributed by atoms with Gasteiger partial charge >= 0.3 is 0 Å². The Bertz CT molecular complexity index is 123. The summed E-state index contributed by atoms with van der Waals surface area (Å²) in [5, 5.41) is 0. The van der Waals surface area contributed by atoms with Gasteiger partial charge < -0.3 is 9.80 Å². The fraction of sp³-hybridized carbons (Fsp3) is 1.00. The zero-order valence-corrected chi connectivity index (χ0v) is 10.2. The summed E-state index contributed by atoms with van der Waals surface area (Å²) < 4.78 is 0. The Hall–Kier alpha value is -0.0800. The van der Waals surface area contributed by atoms with E-state index in [9.17, 15) is 0 Å². The van der Waals surface area contributed by atoms with Crippen LogP contribution in [0, 0.1) is 0 Å². The van der Waals surface area contributed by atoms with E-state index in [0.29, 0.717) is 5.54 Å². The molecule has 0 rings (SSSR count). The summed E-state index contributed by atoms with van der Waals surface area (Å²) in [5.74, 6) is 0. The van der Waals surface area contributed by atoms with Crippen molar-refractivity contribution in [1.29, 1.82) is 0 Å². The lowest BCUT2D eigenvalue weighted by molar-refractivity contribution is 0.149. The van der Waals surface area contributed by atoms with Crippen LogP contribution in [0.25, 0.3) is 0 Å². The van der Waals surface area contributed by atoms with Gasteiger partial charge in [0.2, 0.25) is 0 Å². The lowest BCUT2D eigenvalue weighted by Crippen LogP contribution is -2.42. The van der Waals surface area contributed by atoms with Gasteiger partial charge in [-0.25, -0.2) is 0 Å². The van der Waals surface area contributed by atoms with Crippen LogP contribution in [-0.2, 0) is 0 Å². The van der Waals surface area contributed by atoms with Crippen molar-refractivity contribution >= 4 is 0 Å². The number of likely N-dealkylation sites (N-methyl/N-ethyl adjacent to an activating group) is 2. The Balaban J connectivity index is 3.75. The van der Waals surface area contributed by atoms with Crippen molar-refractivity contribution in [2.45, 2.75) is 40.2 Å². The molecule has 0 spiro atoms. The van der Waals surface area contributed by atoms with E-state index >= 15 is 0 Å². The van der Waals surface area contributed by atoms with Gasteiger partial charge in [-0.3, -0.25) is 0 Å². The van der Waals surface area contributed by atoms with Gasteiger partial charge in [0.25, 0.3) is 0 Å². The molecule has 0 N–H and O–H groups in total. The molecular weight excluding hydrogens is 160 g/mol. The largest absolute Gasteiger partial charge is 0.303 e. The Morgan fingerprint density at radius 1 is 0.923 bits per heavy atom. The maximum Gasteiger partial charge on any atom is 0.0122 e. The van der Waals surface area contributed by atoms with E-state index in [4.69, 9.17) is 0 Å². The summed E-state index contributed by atoms with van der Waals surface area (Å²) in [5.41, 5.74) is 0.299. The van der Waals surface area contributed by atoms with Crippen molar-refractivity contribution in [1.82, 2.24) is 9.80 Å².